The molecule has 0 aliphatic rings. The van der Waals surface area contributed by atoms with Gasteiger partial charge in [-0.15, -0.1) is 0 Å². The van der Waals surface area contributed by atoms with Crippen molar-refractivity contribution in [2.45, 2.75) is 0 Å². The minimum absolute atomic E-state index is 1.07. The molecule has 0 heterocycles. The van der Waals surface area contributed by atoms with E-state index in [1.807, 2.05) is 12.1 Å². The number of benzene rings is 10. The quantitative estimate of drug-likeness (QED) is 0.101. The highest BCUT2D eigenvalue weighted by atomic mass is 15.2. The third-order valence-corrected chi connectivity index (χ3v) is 11.8. The van der Waals surface area contributed by atoms with Crippen LogP contribution >= 0.6 is 0 Å². The van der Waals surface area contributed by atoms with Crippen LogP contribution in [0.25, 0.3) is 35.4 Å². The van der Waals surface area contributed by atoms with Gasteiger partial charge in [-0.25, -0.2) is 0 Å². The molecule has 10 aromatic rings. The van der Waals surface area contributed by atoms with Crippen molar-refractivity contribution < 1.29 is 0 Å². The third-order valence-electron chi connectivity index (χ3n) is 11.8. The fourth-order valence-corrected chi connectivity index (χ4v) is 8.41. The zero-order chi connectivity index (χ0) is 45.0. The van der Waals surface area contributed by atoms with Gasteiger partial charge < -0.3 is 14.7 Å². The van der Waals surface area contributed by atoms with Crippen molar-refractivity contribution in [2.24, 2.45) is 0 Å². The van der Waals surface area contributed by atoms with Crippen molar-refractivity contribution in [3.8, 4) is 11.1 Å². The first-order valence-corrected chi connectivity index (χ1v) is 22.7. The van der Waals surface area contributed by atoms with E-state index in [0.717, 1.165) is 73.4 Å². The molecule has 320 valence electrons. The van der Waals surface area contributed by atoms with E-state index in [-0.39, 0.29) is 0 Å². The van der Waals surface area contributed by atoms with Crippen molar-refractivity contribution in [1.82, 2.24) is 0 Å². The van der Waals surface area contributed by atoms with E-state index in [1.165, 1.54) is 11.1 Å². The molecule has 0 saturated carbocycles. The second kappa shape index (κ2) is 20.3. The predicted molar refractivity (Wildman–Crippen MR) is 287 cm³/mol. The van der Waals surface area contributed by atoms with Crippen LogP contribution in [-0.4, -0.2) is 0 Å². The van der Waals surface area contributed by atoms with Gasteiger partial charge in [0.15, 0.2) is 0 Å². The molecule has 3 heteroatoms. The zero-order valence-electron chi connectivity index (χ0n) is 37.1. The van der Waals surface area contributed by atoms with Crippen LogP contribution in [0.1, 0.15) is 22.3 Å². The Labute approximate surface area is 394 Å². The van der Waals surface area contributed by atoms with E-state index in [2.05, 4.69) is 300 Å². The highest BCUT2D eigenvalue weighted by molar-refractivity contribution is 5.84. The lowest BCUT2D eigenvalue weighted by Crippen LogP contribution is -2.12. The van der Waals surface area contributed by atoms with Crippen molar-refractivity contribution in [3.05, 3.63) is 295 Å². The summed E-state index contributed by atoms with van der Waals surface area (Å²) in [6, 6.07) is 96.7. The molecule has 67 heavy (non-hydrogen) atoms. The van der Waals surface area contributed by atoms with Gasteiger partial charge in [0.25, 0.3) is 0 Å². The van der Waals surface area contributed by atoms with Crippen molar-refractivity contribution in [1.29, 1.82) is 0 Å². The smallest absolute Gasteiger partial charge is 0.0463 e. The Morgan fingerprint density at radius 2 is 0.343 bits per heavy atom. The minimum Gasteiger partial charge on any atom is -0.311 e. The topological polar surface area (TPSA) is 9.72 Å². The summed E-state index contributed by atoms with van der Waals surface area (Å²) < 4.78 is 0. The SMILES string of the molecule is C(=Cc1ccc(N(c2ccccc2)c2ccc(-c3ccc(N(c4ccc(/C=C\c5ccccc5)cc4)c4ccc(N(c5ccccc5)c5ccccc5)cc4)cc3)cc2)cc1)c1ccccc1. The van der Waals surface area contributed by atoms with Gasteiger partial charge in [0, 0.05) is 51.2 Å². The van der Waals surface area contributed by atoms with Gasteiger partial charge in [0.05, 0.1) is 0 Å². The highest BCUT2D eigenvalue weighted by Crippen LogP contribution is 2.41. The minimum atomic E-state index is 1.07. The van der Waals surface area contributed by atoms with Gasteiger partial charge >= 0.3 is 0 Å². The summed E-state index contributed by atoms with van der Waals surface area (Å²) in [5, 5.41) is 0. The Kier molecular flexibility index (Phi) is 12.7. The summed E-state index contributed by atoms with van der Waals surface area (Å²) >= 11 is 0. The Bertz CT molecular complexity index is 3110. The first-order chi connectivity index (χ1) is 33.2. The third kappa shape index (κ3) is 10.1. The van der Waals surface area contributed by atoms with Crippen LogP contribution < -0.4 is 14.7 Å². The van der Waals surface area contributed by atoms with Gasteiger partial charge in [0.2, 0.25) is 0 Å². The first-order valence-electron chi connectivity index (χ1n) is 22.7. The van der Waals surface area contributed by atoms with Crippen molar-refractivity contribution in [2.75, 3.05) is 14.7 Å². The second-order valence-corrected chi connectivity index (χ2v) is 16.3. The number of hydrogen-bond donors (Lipinski definition) is 0. The van der Waals surface area contributed by atoms with Gasteiger partial charge in [-0.05, 0) is 143 Å². The van der Waals surface area contributed by atoms with E-state index in [1.54, 1.807) is 0 Å². The number of rotatable bonds is 14. The monoisotopic (exact) mass is 859 g/mol. The maximum Gasteiger partial charge on any atom is 0.0463 e. The van der Waals surface area contributed by atoms with Crippen molar-refractivity contribution >= 4 is 75.5 Å². The van der Waals surface area contributed by atoms with E-state index in [0.29, 0.717) is 0 Å². The molecular formula is C64H49N3. The molecule has 0 radical (unpaired) electrons. The standard InChI is InChI=1S/C64H49N3/c1-6-16-50(17-7-1)26-28-52-30-38-59(39-31-52)66(58-24-14-5-15-25-58)61-42-34-54(35-43-61)55-36-44-62(45-37-55)67(60-40-32-53(33-41-60)29-27-51-18-8-2-9-19-51)64-48-46-63(47-49-64)65(56-20-10-3-11-21-56)57-22-12-4-13-23-57/h1-49H/b28-26?,29-27-. The molecule has 10 aromatic carbocycles. The predicted octanol–water partition coefficient (Wildman–Crippen LogP) is 18.1. The molecule has 0 bridgehead atoms. The van der Waals surface area contributed by atoms with Crippen LogP contribution in [-0.2, 0) is 0 Å². The molecule has 0 fully saturated rings. The van der Waals surface area contributed by atoms with Gasteiger partial charge in [-0.2, -0.15) is 0 Å². The van der Waals surface area contributed by atoms with Crippen LogP contribution in [0.5, 0.6) is 0 Å². The Morgan fingerprint density at radius 1 is 0.164 bits per heavy atom. The maximum absolute atomic E-state index is 2.33. The van der Waals surface area contributed by atoms with Gasteiger partial charge in [0.1, 0.15) is 0 Å². The van der Waals surface area contributed by atoms with E-state index in [9.17, 15) is 0 Å². The van der Waals surface area contributed by atoms with Crippen LogP contribution in [0.2, 0.25) is 0 Å². The molecule has 3 nitrogen and oxygen atoms in total. The number of hydrogen-bond acceptors (Lipinski definition) is 3. The lowest BCUT2D eigenvalue weighted by atomic mass is 10.0. The van der Waals surface area contributed by atoms with Gasteiger partial charge in [-0.3, -0.25) is 0 Å². The van der Waals surface area contributed by atoms with E-state index < -0.39 is 0 Å². The second-order valence-electron chi connectivity index (χ2n) is 16.3. The summed E-state index contributed by atoms with van der Waals surface area (Å²) in [7, 11) is 0. The fourth-order valence-electron chi connectivity index (χ4n) is 8.41. The average molecular weight is 860 g/mol. The summed E-state index contributed by atoms with van der Waals surface area (Å²) in [5.41, 5.74) is 16.8. The van der Waals surface area contributed by atoms with E-state index >= 15 is 0 Å². The largest absolute Gasteiger partial charge is 0.311 e. The molecule has 0 spiro atoms. The summed E-state index contributed by atoms with van der Waals surface area (Å²) in [6.07, 6.45) is 8.64. The molecule has 0 N–H and O–H groups in total. The number of anilines is 9. The van der Waals surface area contributed by atoms with Gasteiger partial charge in [-0.1, -0.05) is 188 Å². The average Bonchev–Trinajstić information content (AvgIpc) is 3.41. The molecule has 0 amide bonds. The molecule has 0 aromatic heterocycles. The molecule has 0 unspecified atom stereocenters. The Hall–Kier alpha value is -8.92. The maximum atomic E-state index is 2.33. The summed E-state index contributed by atoms with van der Waals surface area (Å²) in [4.78, 5) is 6.93. The van der Waals surface area contributed by atoms with Crippen molar-refractivity contribution in [3.63, 3.8) is 0 Å². The lowest BCUT2D eigenvalue weighted by molar-refractivity contribution is 1.25. The highest BCUT2D eigenvalue weighted by Gasteiger charge is 2.17. The number of para-hydroxylation sites is 3. The Balaban J connectivity index is 0.943. The fraction of sp³-hybridized carbons (Fsp3) is 0. The molecular weight excluding hydrogens is 811 g/mol. The molecule has 0 saturated heterocycles. The zero-order valence-corrected chi connectivity index (χ0v) is 37.1. The molecule has 0 aliphatic carbocycles. The van der Waals surface area contributed by atoms with Crippen LogP contribution in [0.4, 0.5) is 51.2 Å². The molecule has 0 aliphatic heterocycles. The number of nitrogens with zero attached hydrogens (tertiary/aromatic N) is 3. The van der Waals surface area contributed by atoms with Crippen LogP contribution in [0.15, 0.2) is 273 Å². The Morgan fingerprint density at radius 3 is 0.597 bits per heavy atom. The van der Waals surface area contributed by atoms with E-state index in [4.69, 9.17) is 0 Å². The molecule has 10 rings (SSSR count). The lowest BCUT2D eigenvalue weighted by Gasteiger charge is -2.28. The summed E-state index contributed by atoms with van der Waals surface area (Å²) in [5.74, 6) is 0. The van der Waals surface area contributed by atoms with Crippen LogP contribution in [0, 0.1) is 0 Å². The van der Waals surface area contributed by atoms with Crippen LogP contribution in [0.3, 0.4) is 0 Å². The normalized spacial score (nSPS) is 11.2. The molecule has 0 atom stereocenters. The summed E-state index contributed by atoms with van der Waals surface area (Å²) in [6.45, 7) is 0. The first kappa shape index (κ1) is 42.1.